The van der Waals surface area contributed by atoms with Crippen LogP contribution in [0, 0.1) is 5.92 Å². The Bertz CT molecular complexity index is 517. The number of nitrogens with one attached hydrogen (secondary N) is 1. The van der Waals surface area contributed by atoms with Gasteiger partial charge in [0, 0.05) is 40.3 Å². The normalized spacial score (nSPS) is 9.87. The lowest BCUT2D eigenvalue weighted by atomic mass is 10.1. The molecule has 130 valence electrons. The Morgan fingerprint density at radius 1 is 1.17 bits per heavy atom. The molecule has 0 unspecified atom stereocenters. The summed E-state index contributed by atoms with van der Waals surface area (Å²) in [4.78, 5) is 20.4. The van der Waals surface area contributed by atoms with Gasteiger partial charge in [0.05, 0.1) is 6.54 Å². The molecule has 0 aliphatic carbocycles. The average Bonchev–Trinajstić information content (AvgIpc) is 2.37. The quantitative estimate of drug-likeness (QED) is 0.442. The summed E-state index contributed by atoms with van der Waals surface area (Å²) >= 11 is 0. The van der Waals surface area contributed by atoms with Crippen LogP contribution in [-0.4, -0.2) is 49.9 Å². The fraction of sp³-hybridized carbons (Fsp3) is 0.529. The zero-order valence-electron chi connectivity index (χ0n) is 15.0. The molecule has 0 aliphatic rings. The molecule has 0 spiro atoms. The van der Waals surface area contributed by atoms with Gasteiger partial charge in [-0.05, 0) is 23.6 Å². The van der Waals surface area contributed by atoms with Gasteiger partial charge in [-0.2, -0.15) is 0 Å². The van der Waals surface area contributed by atoms with Gasteiger partial charge in [0.15, 0.2) is 5.96 Å². The first-order valence-electron chi connectivity index (χ1n) is 7.57. The molecular weight excluding hydrogens is 403 g/mol. The highest BCUT2D eigenvalue weighted by atomic mass is 127. The maximum Gasteiger partial charge on any atom is 0.224 e. The van der Waals surface area contributed by atoms with Crippen molar-refractivity contribution in [1.29, 1.82) is 0 Å². The van der Waals surface area contributed by atoms with Crippen molar-refractivity contribution in [3.63, 3.8) is 0 Å². The van der Waals surface area contributed by atoms with Crippen LogP contribution in [0.25, 0.3) is 0 Å². The molecule has 1 N–H and O–H groups in total. The number of carbonyl (C=O) groups excluding carboxylic acids is 1. The number of benzene rings is 1. The minimum Gasteiger partial charge on any atom is -0.349 e. The number of hydrogen-bond donors (Lipinski definition) is 1. The summed E-state index contributed by atoms with van der Waals surface area (Å²) < 4.78 is 0. The number of halogens is 1. The standard InChI is InChI=1S/C17H28N4O.HI/c1-13(2)10-16(22)19-15-9-7-8-14(11-15)12-18-17(20(3)4)21(5)6;/h7-9,11,13H,10,12H2,1-6H3,(H,19,22);1H. The molecule has 0 saturated heterocycles. The van der Waals surface area contributed by atoms with E-state index in [1.165, 1.54) is 0 Å². The second-order valence-electron chi connectivity index (χ2n) is 6.25. The van der Waals surface area contributed by atoms with Gasteiger partial charge in [0.25, 0.3) is 0 Å². The van der Waals surface area contributed by atoms with Gasteiger partial charge < -0.3 is 15.1 Å². The fourth-order valence-corrected chi connectivity index (χ4v) is 2.18. The molecule has 6 heteroatoms. The largest absolute Gasteiger partial charge is 0.349 e. The first-order valence-corrected chi connectivity index (χ1v) is 7.57. The predicted octanol–water partition coefficient (Wildman–Crippen LogP) is 3.27. The molecule has 0 bridgehead atoms. The second-order valence-corrected chi connectivity index (χ2v) is 6.25. The zero-order chi connectivity index (χ0) is 16.7. The van der Waals surface area contributed by atoms with Crippen molar-refractivity contribution in [2.75, 3.05) is 33.5 Å². The van der Waals surface area contributed by atoms with Gasteiger partial charge >= 0.3 is 0 Å². The summed E-state index contributed by atoms with van der Waals surface area (Å²) in [6, 6.07) is 7.85. The Morgan fingerprint density at radius 2 is 1.78 bits per heavy atom. The maximum absolute atomic E-state index is 11.8. The molecule has 0 saturated carbocycles. The molecule has 1 aromatic carbocycles. The van der Waals surface area contributed by atoms with E-state index in [1.54, 1.807) is 0 Å². The third kappa shape index (κ3) is 8.20. The molecule has 1 amide bonds. The van der Waals surface area contributed by atoms with Gasteiger partial charge in [0.2, 0.25) is 5.91 Å². The van der Waals surface area contributed by atoms with Crippen LogP contribution in [-0.2, 0) is 11.3 Å². The summed E-state index contributed by atoms with van der Waals surface area (Å²) in [5.41, 5.74) is 1.90. The molecule has 0 fully saturated rings. The Labute approximate surface area is 157 Å². The highest BCUT2D eigenvalue weighted by Crippen LogP contribution is 2.13. The summed E-state index contributed by atoms with van der Waals surface area (Å²) in [7, 11) is 7.89. The highest BCUT2D eigenvalue weighted by molar-refractivity contribution is 14.0. The minimum atomic E-state index is 0. The van der Waals surface area contributed by atoms with Gasteiger partial charge in [-0.25, -0.2) is 4.99 Å². The SMILES string of the molecule is CC(C)CC(=O)Nc1cccc(CN=C(N(C)C)N(C)C)c1.I. The summed E-state index contributed by atoms with van der Waals surface area (Å²) in [5, 5.41) is 2.94. The van der Waals surface area contributed by atoms with Crippen molar-refractivity contribution in [1.82, 2.24) is 9.80 Å². The van der Waals surface area contributed by atoms with Crippen LogP contribution in [0.4, 0.5) is 5.69 Å². The first kappa shape index (κ1) is 21.7. The monoisotopic (exact) mass is 432 g/mol. The van der Waals surface area contributed by atoms with E-state index in [2.05, 4.69) is 10.3 Å². The van der Waals surface area contributed by atoms with Gasteiger partial charge in [-0.15, -0.1) is 24.0 Å². The molecule has 0 aromatic heterocycles. The van der Waals surface area contributed by atoms with Crippen molar-refractivity contribution >= 4 is 41.5 Å². The van der Waals surface area contributed by atoms with E-state index in [9.17, 15) is 4.79 Å². The number of amides is 1. The van der Waals surface area contributed by atoms with Crippen molar-refractivity contribution in [2.45, 2.75) is 26.8 Å². The average molecular weight is 432 g/mol. The lowest BCUT2D eigenvalue weighted by Gasteiger charge is -2.22. The summed E-state index contributed by atoms with van der Waals surface area (Å²) in [5.74, 6) is 1.32. The van der Waals surface area contributed by atoms with Crippen molar-refractivity contribution in [3.05, 3.63) is 29.8 Å². The Hall–Kier alpha value is -1.31. The number of rotatable bonds is 5. The van der Waals surface area contributed by atoms with E-state index in [4.69, 9.17) is 0 Å². The zero-order valence-corrected chi connectivity index (χ0v) is 17.3. The molecule has 23 heavy (non-hydrogen) atoms. The third-order valence-electron chi connectivity index (χ3n) is 3.01. The number of anilines is 1. The summed E-state index contributed by atoms with van der Waals surface area (Å²) in [6.07, 6.45) is 0.536. The number of carbonyl (C=O) groups is 1. The summed E-state index contributed by atoms with van der Waals surface area (Å²) in [6.45, 7) is 4.66. The molecule has 0 aliphatic heterocycles. The lowest BCUT2D eigenvalue weighted by molar-refractivity contribution is -0.116. The predicted molar refractivity (Wildman–Crippen MR) is 108 cm³/mol. The van der Waals surface area contributed by atoms with Crippen molar-refractivity contribution in [2.24, 2.45) is 10.9 Å². The van der Waals surface area contributed by atoms with Crippen molar-refractivity contribution in [3.8, 4) is 0 Å². The molecule has 1 rings (SSSR count). The van der Waals surface area contributed by atoms with Crippen LogP contribution in [0.3, 0.4) is 0 Å². The third-order valence-corrected chi connectivity index (χ3v) is 3.01. The molecule has 5 nitrogen and oxygen atoms in total. The number of aliphatic imine (C=N–C) groups is 1. The topological polar surface area (TPSA) is 47.9 Å². The maximum atomic E-state index is 11.8. The second kappa shape index (κ2) is 10.5. The molecule has 0 atom stereocenters. The highest BCUT2D eigenvalue weighted by Gasteiger charge is 2.06. The Balaban J connectivity index is 0.00000484. The Kier molecular flexibility index (Phi) is 9.87. The van der Waals surface area contributed by atoms with Crippen LogP contribution in [0.5, 0.6) is 0 Å². The van der Waals surface area contributed by atoms with Crippen LogP contribution in [0.15, 0.2) is 29.3 Å². The van der Waals surface area contributed by atoms with Crippen molar-refractivity contribution < 1.29 is 4.79 Å². The molecule has 0 radical (unpaired) electrons. The smallest absolute Gasteiger partial charge is 0.224 e. The van der Waals surface area contributed by atoms with E-state index < -0.39 is 0 Å². The van der Waals surface area contributed by atoms with Crippen LogP contribution in [0.2, 0.25) is 0 Å². The number of hydrogen-bond acceptors (Lipinski definition) is 2. The first-order chi connectivity index (χ1) is 10.3. The molecular formula is C17H29IN4O. The van der Waals surface area contributed by atoms with Gasteiger partial charge in [0.1, 0.15) is 0 Å². The van der Waals surface area contributed by atoms with E-state index >= 15 is 0 Å². The van der Waals surface area contributed by atoms with Gasteiger partial charge in [-0.1, -0.05) is 26.0 Å². The van der Waals surface area contributed by atoms with Crippen LogP contribution < -0.4 is 5.32 Å². The van der Waals surface area contributed by atoms with Crippen LogP contribution >= 0.6 is 24.0 Å². The van der Waals surface area contributed by atoms with E-state index in [-0.39, 0.29) is 29.9 Å². The van der Waals surface area contributed by atoms with Gasteiger partial charge in [-0.3, -0.25) is 4.79 Å². The lowest BCUT2D eigenvalue weighted by Crippen LogP contribution is -2.35. The number of nitrogens with zero attached hydrogens (tertiary/aromatic N) is 3. The van der Waals surface area contributed by atoms with Crippen LogP contribution in [0.1, 0.15) is 25.8 Å². The molecule has 0 heterocycles. The van der Waals surface area contributed by atoms with E-state index in [0.29, 0.717) is 18.9 Å². The van der Waals surface area contributed by atoms with E-state index in [1.807, 2.05) is 76.1 Å². The Morgan fingerprint density at radius 3 is 2.30 bits per heavy atom. The fourth-order valence-electron chi connectivity index (χ4n) is 2.18. The number of guanidine groups is 1. The minimum absolute atomic E-state index is 0. The van der Waals surface area contributed by atoms with E-state index in [0.717, 1.165) is 17.2 Å². The molecule has 1 aromatic rings.